The number of rotatable bonds is 6. The Balaban J connectivity index is 2.60. The summed E-state index contributed by atoms with van der Waals surface area (Å²) >= 11 is 11.7. The molecular formula is C12H16Cl2N2O2. The van der Waals surface area contributed by atoms with Crippen molar-refractivity contribution in [2.75, 3.05) is 20.2 Å². The zero-order chi connectivity index (χ0) is 13.5. The molecule has 0 bridgehead atoms. The number of aromatic nitrogens is 1. The summed E-state index contributed by atoms with van der Waals surface area (Å²) in [5.74, 6) is -0.244. The average molecular weight is 291 g/mol. The third-order valence-electron chi connectivity index (χ3n) is 2.51. The van der Waals surface area contributed by atoms with E-state index in [0.29, 0.717) is 11.6 Å². The highest BCUT2D eigenvalue weighted by molar-refractivity contribution is 6.34. The number of pyridine rings is 1. The Bertz CT molecular complexity index is 413. The van der Waals surface area contributed by atoms with Gasteiger partial charge < -0.3 is 10.0 Å². The number of carbonyl (C=O) groups is 1. The van der Waals surface area contributed by atoms with Crippen LogP contribution in [0.25, 0.3) is 0 Å². The van der Waals surface area contributed by atoms with Gasteiger partial charge in [0.2, 0.25) is 0 Å². The molecule has 1 aromatic rings. The molecule has 18 heavy (non-hydrogen) atoms. The van der Waals surface area contributed by atoms with E-state index in [9.17, 15) is 4.79 Å². The highest BCUT2D eigenvalue weighted by Crippen LogP contribution is 2.18. The summed E-state index contributed by atoms with van der Waals surface area (Å²) < 4.78 is 0. The molecule has 0 atom stereocenters. The lowest BCUT2D eigenvalue weighted by Gasteiger charge is -2.17. The van der Waals surface area contributed by atoms with Gasteiger partial charge in [0.05, 0.1) is 5.02 Å². The summed E-state index contributed by atoms with van der Waals surface area (Å²) in [5.41, 5.74) is 0.175. The second-order valence-electron chi connectivity index (χ2n) is 3.98. The molecule has 0 spiro atoms. The van der Waals surface area contributed by atoms with Crippen LogP contribution in [0.2, 0.25) is 10.2 Å². The van der Waals surface area contributed by atoms with Crippen molar-refractivity contribution in [2.24, 2.45) is 0 Å². The first-order valence-electron chi connectivity index (χ1n) is 5.74. The van der Waals surface area contributed by atoms with E-state index >= 15 is 0 Å². The van der Waals surface area contributed by atoms with E-state index in [4.69, 9.17) is 28.3 Å². The van der Waals surface area contributed by atoms with Crippen LogP contribution in [0, 0.1) is 0 Å². The fraction of sp³-hybridized carbons (Fsp3) is 0.500. The largest absolute Gasteiger partial charge is 0.396 e. The molecule has 0 fully saturated rings. The fourth-order valence-electron chi connectivity index (χ4n) is 1.49. The van der Waals surface area contributed by atoms with Gasteiger partial charge in [-0.05, 0) is 31.4 Å². The molecule has 6 heteroatoms. The SMILES string of the molecule is CN(CCCCCO)C(=O)c1nc(Cl)ccc1Cl. The number of hydrogen-bond donors (Lipinski definition) is 1. The van der Waals surface area contributed by atoms with Crippen molar-refractivity contribution in [3.63, 3.8) is 0 Å². The quantitative estimate of drug-likeness (QED) is 0.647. The second kappa shape index (κ2) is 7.56. The van der Waals surface area contributed by atoms with Crippen molar-refractivity contribution < 1.29 is 9.90 Å². The molecular weight excluding hydrogens is 275 g/mol. The molecule has 0 unspecified atom stereocenters. The van der Waals surface area contributed by atoms with Crippen LogP contribution in [0.4, 0.5) is 0 Å². The number of aliphatic hydroxyl groups is 1. The van der Waals surface area contributed by atoms with Crippen molar-refractivity contribution in [2.45, 2.75) is 19.3 Å². The minimum absolute atomic E-state index is 0.175. The molecule has 1 N–H and O–H groups in total. The maximum absolute atomic E-state index is 12.1. The van der Waals surface area contributed by atoms with E-state index in [0.717, 1.165) is 19.3 Å². The van der Waals surface area contributed by atoms with Crippen LogP contribution in [0.3, 0.4) is 0 Å². The van der Waals surface area contributed by atoms with Gasteiger partial charge in [-0.1, -0.05) is 23.2 Å². The van der Waals surface area contributed by atoms with Crippen LogP contribution >= 0.6 is 23.2 Å². The number of carbonyl (C=O) groups excluding carboxylic acids is 1. The van der Waals surface area contributed by atoms with E-state index < -0.39 is 0 Å². The number of amides is 1. The van der Waals surface area contributed by atoms with Gasteiger partial charge in [0.25, 0.3) is 5.91 Å². The third kappa shape index (κ3) is 4.44. The molecule has 1 aromatic heterocycles. The third-order valence-corrected chi connectivity index (χ3v) is 3.03. The predicted molar refractivity (Wildman–Crippen MR) is 72.2 cm³/mol. The Kier molecular flexibility index (Phi) is 6.39. The standard InChI is InChI=1S/C12H16Cl2N2O2/c1-16(7-3-2-4-8-17)12(18)11-9(13)5-6-10(14)15-11/h5-6,17H,2-4,7-8H2,1H3. The molecule has 1 rings (SSSR count). The molecule has 0 aliphatic carbocycles. The Labute approximate surface area is 117 Å². The minimum atomic E-state index is -0.244. The van der Waals surface area contributed by atoms with Crippen molar-refractivity contribution in [3.8, 4) is 0 Å². The Morgan fingerprint density at radius 1 is 1.33 bits per heavy atom. The first-order chi connectivity index (χ1) is 8.56. The smallest absolute Gasteiger partial charge is 0.273 e. The molecule has 0 saturated carbocycles. The summed E-state index contributed by atoms with van der Waals surface area (Å²) in [6.07, 6.45) is 2.46. The number of nitrogens with zero attached hydrogens (tertiary/aromatic N) is 2. The first-order valence-corrected chi connectivity index (χ1v) is 6.50. The lowest BCUT2D eigenvalue weighted by atomic mass is 10.2. The van der Waals surface area contributed by atoms with Crippen molar-refractivity contribution in [1.82, 2.24) is 9.88 Å². The molecule has 0 aromatic carbocycles. The minimum Gasteiger partial charge on any atom is -0.396 e. The van der Waals surface area contributed by atoms with Crippen LogP contribution in [0.15, 0.2) is 12.1 Å². The molecule has 4 nitrogen and oxygen atoms in total. The highest BCUT2D eigenvalue weighted by atomic mass is 35.5. The normalized spacial score (nSPS) is 10.4. The Hall–Kier alpha value is -0.840. The molecule has 100 valence electrons. The van der Waals surface area contributed by atoms with Gasteiger partial charge >= 0.3 is 0 Å². The molecule has 1 heterocycles. The van der Waals surface area contributed by atoms with Gasteiger partial charge in [0.15, 0.2) is 0 Å². The summed E-state index contributed by atoms with van der Waals surface area (Å²) in [7, 11) is 1.69. The van der Waals surface area contributed by atoms with Gasteiger partial charge in [-0.3, -0.25) is 4.79 Å². The van der Waals surface area contributed by atoms with E-state index in [2.05, 4.69) is 4.98 Å². The molecule has 0 saturated heterocycles. The zero-order valence-corrected chi connectivity index (χ0v) is 11.7. The van der Waals surface area contributed by atoms with E-state index in [1.807, 2.05) is 0 Å². The monoisotopic (exact) mass is 290 g/mol. The van der Waals surface area contributed by atoms with Crippen LogP contribution in [0.5, 0.6) is 0 Å². The topological polar surface area (TPSA) is 53.4 Å². The number of hydrogen-bond acceptors (Lipinski definition) is 3. The van der Waals surface area contributed by atoms with Crippen molar-refractivity contribution in [1.29, 1.82) is 0 Å². The van der Waals surface area contributed by atoms with E-state index in [-0.39, 0.29) is 23.4 Å². The Morgan fingerprint density at radius 2 is 2.06 bits per heavy atom. The zero-order valence-electron chi connectivity index (χ0n) is 10.2. The lowest BCUT2D eigenvalue weighted by Crippen LogP contribution is -2.28. The number of aliphatic hydroxyl groups excluding tert-OH is 1. The summed E-state index contributed by atoms with van der Waals surface area (Å²) in [6, 6.07) is 3.10. The highest BCUT2D eigenvalue weighted by Gasteiger charge is 2.16. The average Bonchev–Trinajstić information content (AvgIpc) is 2.36. The van der Waals surface area contributed by atoms with Gasteiger partial charge in [-0.15, -0.1) is 0 Å². The first kappa shape index (κ1) is 15.2. The van der Waals surface area contributed by atoms with E-state index in [1.165, 1.54) is 0 Å². The molecule has 1 amide bonds. The second-order valence-corrected chi connectivity index (χ2v) is 4.77. The maximum atomic E-state index is 12.1. The van der Waals surface area contributed by atoms with Crippen LogP contribution in [-0.4, -0.2) is 41.1 Å². The van der Waals surface area contributed by atoms with Crippen LogP contribution in [-0.2, 0) is 0 Å². The summed E-state index contributed by atoms with van der Waals surface area (Å²) in [6.45, 7) is 0.780. The van der Waals surface area contributed by atoms with Crippen molar-refractivity contribution in [3.05, 3.63) is 28.0 Å². The Morgan fingerprint density at radius 3 is 2.72 bits per heavy atom. The van der Waals surface area contributed by atoms with E-state index in [1.54, 1.807) is 24.1 Å². The maximum Gasteiger partial charge on any atom is 0.273 e. The fourth-order valence-corrected chi connectivity index (χ4v) is 1.82. The number of unbranched alkanes of at least 4 members (excludes halogenated alkanes) is 2. The lowest BCUT2D eigenvalue weighted by molar-refractivity contribution is 0.0786. The van der Waals surface area contributed by atoms with Gasteiger partial charge in [0.1, 0.15) is 10.8 Å². The molecule has 0 radical (unpaired) electrons. The van der Waals surface area contributed by atoms with Crippen molar-refractivity contribution >= 4 is 29.1 Å². The summed E-state index contributed by atoms with van der Waals surface area (Å²) in [5, 5.41) is 9.21. The molecule has 0 aliphatic heterocycles. The predicted octanol–water partition coefficient (Wildman–Crippen LogP) is 2.62. The van der Waals surface area contributed by atoms with Gasteiger partial charge in [0, 0.05) is 20.2 Å². The van der Waals surface area contributed by atoms with Crippen LogP contribution < -0.4 is 0 Å². The number of halogens is 2. The molecule has 0 aliphatic rings. The van der Waals surface area contributed by atoms with Gasteiger partial charge in [-0.2, -0.15) is 0 Å². The van der Waals surface area contributed by atoms with Crippen LogP contribution in [0.1, 0.15) is 29.8 Å². The van der Waals surface area contributed by atoms with Gasteiger partial charge in [-0.25, -0.2) is 4.98 Å². The summed E-state index contributed by atoms with van der Waals surface area (Å²) in [4.78, 5) is 17.6.